The first-order valence-electron chi connectivity index (χ1n) is 5.75. The molecule has 0 radical (unpaired) electrons. The predicted octanol–water partition coefficient (Wildman–Crippen LogP) is 2.81. The third kappa shape index (κ3) is 3.59. The summed E-state index contributed by atoms with van der Waals surface area (Å²) in [4.78, 5) is 4.11. The lowest BCUT2D eigenvalue weighted by atomic mass is 10.2. The summed E-state index contributed by atoms with van der Waals surface area (Å²) in [6, 6.07) is 10.9. The van der Waals surface area contributed by atoms with Crippen molar-refractivity contribution in [3.63, 3.8) is 0 Å². The van der Waals surface area contributed by atoms with Crippen LogP contribution < -0.4 is 9.47 Å². The number of aromatic nitrogens is 1. The summed E-state index contributed by atoms with van der Waals surface area (Å²) >= 11 is 5.85. The van der Waals surface area contributed by atoms with Gasteiger partial charge in [-0.15, -0.1) is 0 Å². The summed E-state index contributed by atoms with van der Waals surface area (Å²) in [5.41, 5.74) is 1.41. The predicted molar refractivity (Wildman–Crippen MR) is 72.5 cm³/mol. The van der Waals surface area contributed by atoms with E-state index in [0.717, 1.165) is 11.3 Å². The van der Waals surface area contributed by atoms with E-state index < -0.39 is 0 Å². The van der Waals surface area contributed by atoms with Gasteiger partial charge in [-0.1, -0.05) is 23.7 Å². The van der Waals surface area contributed by atoms with Gasteiger partial charge in [-0.05, 0) is 23.8 Å². The number of aliphatic hydroxyl groups is 1. The first-order chi connectivity index (χ1) is 9.22. The fourth-order valence-corrected chi connectivity index (χ4v) is 1.70. The van der Waals surface area contributed by atoms with Crippen molar-refractivity contribution < 1.29 is 14.6 Å². The topological polar surface area (TPSA) is 51.6 Å². The summed E-state index contributed by atoms with van der Waals surface area (Å²) < 4.78 is 10.6. The summed E-state index contributed by atoms with van der Waals surface area (Å²) in [7, 11) is 1.62. The van der Waals surface area contributed by atoms with Crippen LogP contribution in [-0.2, 0) is 13.2 Å². The molecule has 1 aromatic carbocycles. The molecule has 0 bridgehead atoms. The van der Waals surface area contributed by atoms with Crippen LogP contribution in [0.15, 0.2) is 36.4 Å². The van der Waals surface area contributed by atoms with Crippen LogP contribution in [0.5, 0.6) is 11.6 Å². The van der Waals surface area contributed by atoms with Gasteiger partial charge in [-0.2, -0.15) is 0 Å². The molecule has 4 nitrogen and oxygen atoms in total. The number of rotatable bonds is 5. The molecular weight excluding hydrogens is 266 g/mol. The van der Waals surface area contributed by atoms with Crippen LogP contribution in [0.2, 0.25) is 5.02 Å². The van der Waals surface area contributed by atoms with Gasteiger partial charge in [0.1, 0.15) is 12.4 Å². The van der Waals surface area contributed by atoms with E-state index in [0.29, 0.717) is 23.2 Å². The van der Waals surface area contributed by atoms with Gasteiger partial charge in [0.2, 0.25) is 5.88 Å². The van der Waals surface area contributed by atoms with Crippen molar-refractivity contribution in [3.8, 4) is 11.6 Å². The number of pyridine rings is 1. The molecule has 2 aromatic rings. The number of ether oxygens (including phenoxy) is 2. The largest absolute Gasteiger partial charge is 0.497 e. The quantitative estimate of drug-likeness (QED) is 0.914. The van der Waals surface area contributed by atoms with E-state index in [1.54, 1.807) is 19.2 Å². The normalized spacial score (nSPS) is 10.3. The van der Waals surface area contributed by atoms with Gasteiger partial charge >= 0.3 is 0 Å². The zero-order valence-corrected chi connectivity index (χ0v) is 11.2. The minimum atomic E-state index is -0.210. The fourth-order valence-electron chi connectivity index (χ4n) is 1.53. The highest BCUT2D eigenvalue weighted by Gasteiger charge is 2.04. The number of hydrogen-bond donors (Lipinski definition) is 1. The number of hydrogen-bond acceptors (Lipinski definition) is 4. The van der Waals surface area contributed by atoms with E-state index in [4.69, 9.17) is 26.2 Å². The summed E-state index contributed by atoms with van der Waals surface area (Å²) in [6.45, 7) is 0.183. The van der Waals surface area contributed by atoms with Crippen molar-refractivity contribution in [1.29, 1.82) is 0 Å². The molecule has 1 N–H and O–H groups in total. The van der Waals surface area contributed by atoms with Crippen LogP contribution >= 0.6 is 11.6 Å². The SMILES string of the molecule is COc1ccc(COc2ccc(Cl)c(CO)n2)cc1. The van der Waals surface area contributed by atoms with Crippen molar-refractivity contribution in [3.05, 3.63) is 52.7 Å². The van der Waals surface area contributed by atoms with Gasteiger partial charge in [0.15, 0.2) is 0 Å². The molecule has 19 heavy (non-hydrogen) atoms. The molecule has 0 unspecified atom stereocenters. The second-order valence-corrected chi connectivity index (χ2v) is 4.28. The molecule has 0 saturated carbocycles. The van der Waals surface area contributed by atoms with Crippen molar-refractivity contribution in [2.75, 3.05) is 7.11 Å². The summed E-state index contributed by atoms with van der Waals surface area (Å²) in [5.74, 6) is 1.24. The highest BCUT2D eigenvalue weighted by atomic mass is 35.5. The molecule has 0 amide bonds. The molecular formula is C14H14ClNO3. The average molecular weight is 280 g/mol. The molecule has 0 aliphatic heterocycles. The lowest BCUT2D eigenvalue weighted by Gasteiger charge is -2.08. The van der Waals surface area contributed by atoms with E-state index in [1.165, 1.54) is 0 Å². The van der Waals surface area contributed by atoms with Crippen LogP contribution in [0.1, 0.15) is 11.3 Å². The second-order valence-electron chi connectivity index (χ2n) is 3.87. The Bertz CT molecular complexity index is 543. The maximum atomic E-state index is 9.07. The number of nitrogens with zero attached hydrogens (tertiary/aromatic N) is 1. The minimum absolute atomic E-state index is 0.210. The molecule has 0 aliphatic rings. The smallest absolute Gasteiger partial charge is 0.213 e. The Hall–Kier alpha value is -1.78. The Morgan fingerprint density at radius 3 is 2.53 bits per heavy atom. The Kier molecular flexibility index (Phi) is 4.60. The van der Waals surface area contributed by atoms with E-state index in [-0.39, 0.29) is 6.61 Å². The zero-order chi connectivity index (χ0) is 13.7. The summed E-state index contributed by atoms with van der Waals surface area (Å²) in [5, 5.41) is 9.50. The van der Waals surface area contributed by atoms with Gasteiger partial charge < -0.3 is 14.6 Å². The molecule has 0 saturated heterocycles. The van der Waals surface area contributed by atoms with Crippen molar-refractivity contribution in [2.24, 2.45) is 0 Å². The molecule has 5 heteroatoms. The highest BCUT2D eigenvalue weighted by Crippen LogP contribution is 2.19. The van der Waals surface area contributed by atoms with Crippen LogP contribution in [0.4, 0.5) is 0 Å². The molecule has 1 aromatic heterocycles. The monoisotopic (exact) mass is 279 g/mol. The third-order valence-electron chi connectivity index (χ3n) is 2.59. The molecule has 0 aliphatic carbocycles. The first kappa shape index (κ1) is 13.6. The number of benzene rings is 1. The van der Waals surface area contributed by atoms with E-state index in [2.05, 4.69) is 4.98 Å². The Balaban J connectivity index is 2.01. The second kappa shape index (κ2) is 6.41. The number of methoxy groups -OCH3 is 1. The minimum Gasteiger partial charge on any atom is -0.497 e. The van der Waals surface area contributed by atoms with Gasteiger partial charge in [0.25, 0.3) is 0 Å². The van der Waals surface area contributed by atoms with Gasteiger partial charge in [-0.25, -0.2) is 4.98 Å². The zero-order valence-electron chi connectivity index (χ0n) is 10.5. The third-order valence-corrected chi connectivity index (χ3v) is 2.93. The molecule has 0 spiro atoms. The first-order valence-corrected chi connectivity index (χ1v) is 6.12. The average Bonchev–Trinajstić information content (AvgIpc) is 2.47. The van der Waals surface area contributed by atoms with Gasteiger partial charge in [0.05, 0.1) is 24.4 Å². The highest BCUT2D eigenvalue weighted by molar-refractivity contribution is 6.31. The molecule has 100 valence electrons. The van der Waals surface area contributed by atoms with E-state index >= 15 is 0 Å². The summed E-state index contributed by atoms with van der Waals surface area (Å²) in [6.07, 6.45) is 0. The molecule has 2 rings (SSSR count). The molecule has 0 fully saturated rings. The van der Waals surface area contributed by atoms with Crippen molar-refractivity contribution in [2.45, 2.75) is 13.2 Å². The molecule has 1 heterocycles. The Morgan fingerprint density at radius 1 is 1.16 bits per heavy atom. The number of aliphatic hydroxyl groups excluding tert-OH is 1. The van der Waals surface area contributed by atoms with Crippen LogP contribution in [0.3, 0.4) is 0 Å². The van der Waals surface area contributed by atoms with Crippen LogP contribution in [0, 0.1) is 0 Å². The van der Waals surface area contributed by atoms with Gasteiger partial charge in [0, 0.05) is 6.07 Å². The van der Waals surface area contributed by atoms with Crippen molar-refractivity contribution in [1.82, 2.24) is 4.98 Å². The van der Waals surface area contributed by atoms with Crippen LogP contribution in [0.25, 0.3) is 0 Å². The lowest BCUT2D eigenvalue weighted by molar-refractivity contribution is 0.266. The maximum Gasteiger partial charge on any atom is 0.213 e. The van der Waals surface area contributed by atoms with E-state index in [9.17, 15) is 0 Å². The maximum absolute atomic E-state index is 9.07. The number of halogens is 1. The Labute approximate surface area is 116 Å². The Morgan fingerprint density at radius 2 is 1.89 bits per heavy atom. The standard InChI is InChI=1S/C14H14ClNO3/c1-18-11-4-2-10(3-5-11)9-19-14-7-6-12(15)13(8-17)16-14/h2-7,17H,8-9H2,1H3. The molecule has 0 atom stereocenters. The van der Waals surface area contributed by atoms with Crippen LogP contribution in [-0.4, -0.2) is 17.2 Å². The fraction of sp³-hybridized carbons (Fsp3) is 0.214. The van der Waals surface area contributed by atoms with Crippen molar-refractivity contribution >= 4 is 11.6 Å². The van der Waals surface area contributed by atoms with E-state index in [1.807, 2.05) is 24.3 Å². The lowest BCUT2D eigenvalue weighted by Crippen LogP contribution is -1.99. The van der Waals surface area contributed by atoms with Gasteiger partial charge in [-0.3, -0.25) is 0 Å².